The molecule has 2 atom stereocenters. The lowest BCUT2D eigenvalue weighted by molar-refractivity contribution is -0.267. The van der Waals surface area contributed by atoms with Crippen LogP contribution in [0.3, 0.4) is 0 Å². The van der Waals surface area contributed by atoms with Crippen molar-refractivity contribution < 1.29 is 18.3 Å². The number of hydrogen-bond donors (Lipinski definition) is 1. The van der Waals surface area contributed by atoms with Crippen molar-refractivity contribution >= 4 is 33.8 Å². The molecule has 9 heteroatoms. The van der Waals surface area contributed by atoms with E-state index in [2.05, 4.69) is 10.1 Å². The van der Waals surface area contributed by atoms with Gasteiger partial charge in [-0.3, -0.25) is 0 Å². The molecule has 1 aliphatic heterocycles. The Morgan fingerprint density at radius 1 is 1.14 bits per heavy atom. The molecule has 0 bridgehead atoms. The summed E-state index contributed by atoms with van der Waals surface area (Å²) in [6.07, 6.45) is -4.85. The van der Waals surface area contributed by atoms with E-state index in [1.165, 1.54) is 0 Å². The first-order chi connectivity index (χ1) is 13.8. The number of hydrazone groups is 1. The van der Waals surface area contributed by atoms with Crippen molar-refractivity contribution in [2.75, 3.05) is 5.01 Å². The number of alkyl halides is 3. The standard InChI is InChI=1S/C20H13ClF3N3OS/c21-13-7-5-11(6-8-13)16-10-29-18(25-16)27-19(28,20(22,23)24)15-9-12-3-1-2-4-14(12)17(15)26-27/h1-8,10,15,28H,9H2/t15-,19-/m0/s1. The van der Waals surface area contributed by atoms with Crippen molar-refractivity contribution in [3.8, 4) is 11.3 Å². The maximum atomic E-state index is 14.1. The number of anilines is 1. The Kier molecular flexibility index (Phi) is 4.03. The van der Waals surface area contributed by atoms with Gasteiger partial charge in [0, 0.05) is 21.5 Å². The van der Waals surface area contributed by atoms with Crippen molar-refractivity contribution in [2.24, 2.45) is 11.0 Å². The number of aliphatic hydroxyl groups is 1. The lowest BCUT2D eigenvalue weighted by Gasteiger charge is -2.36. The first kappa shape index (κ1) is 18.6. The summed E-state index contributed by atoms with van der Waals surface area (Å²) in [7, 11) is 0. The maximum absolute atomic E-state index is 14.1. The minimum atomic E-state index is -4.92. The van der Waals surface area contributed by atoms with Crippen molar-refractivity contribution in [1.82, 2.24) is 4.98 Å². The summed E-state index contributed by atoms with van der Waals surface area (Å²) in [4.78, 5) is 4.32. The van der Waals surface area contributed by atoms with E-state index in [-0.39, 0.29) is 17.3 Å². The van der Waals surface area contributed by atoms with Crippen LogP contribution in [0.15, 0.2) is 59.0 Å². The molecule has 0 amide bonds. The normalized spacial score (nSPS) is 23.1. The van der Waals surface area contributed by atoms with E-state index in [1.807, 2.05) is 0 Å². The third kappa shape index (κ3) is 2.70. The van der Waals surface area contributed by atoms with E-state index in [1.54, 1.807) is 53.9 Å². The molecule has 0 saturated carbocycles. The molecule has 1 aliphatic carbocycles. The fourth-order valence-corrected chi connectivity index (χ4v) is 4.82. The first-order valence-corrected chi connectivity index (χ1v) is 10.0. The average Bonchev–Trinajstić information content (AvgIpc) is 3.36. The zero-order valence-corrected chi connectivity index (χ0v) is 16.3. The summed E-state index contributed by atoms with van der Waals surface area (Å²) in [6.45, 7) is 0. The van der Waals surface area contributed by atoms with Crippen LogP contribution in [0.4, 0.5) is 18.3 Å². The van der Waals surface area contributed by atoms with Gasteiger partial charge in [0.05, 0.1) is 17.3 Å². The van der Waals surface area contributed by atoms with Crippen LogP contribution in [0.25, 0.3) is 11.3 Å². The Morgan fingerprint density at radius 2 is 1.86 bits per heavy atom. The van der Waals surface area contributed by atoms with Gasteiger partial charge in [0.25, 0.3) is 5.72 Å². The number of rotatable bonds is 2. The van der Waals surface area contributed by atoms with Crippen LogP contribution in [0.5, 0.6) is 0 Å². The second kappa shape index (κ2) is 6.29. The van der Waals surface area contributed by atoms with E-state index >= 15 is 0 Å². The Bertz CT molecular complexity index is 1130. The van der Waals surface area contributed by atoms with Crippen molar-refractivity contribution in [2.45, 2.75) is 18.3 Å². The lowest BCUT2D eigenvalue weighted by Crippen LogP contribution is -2.60. The highest BCUT2D eigenvalue weighted by atomic mass is 35.5. The Morgan fingerprint density at radius 3 is 2.59 bits per heavy atom. The summed E-state index contributed by atoms with van der Waals surface area (Å²) in [6, 6.07) is 13.8. The van der Waals surface area contributed by atoms with Gasteiger partial charge in [0.2, 0.25) is 5.13 Å². The number of fused-ring (bicyclic) bond motifs is 3. The number of hydrogen-bond acceptors (Lipinski definition) is 5. The highest BCUT2D eigenvalue weighted by molar-refractivity contribution is 7.14. The summed E-state index contributed by atoms with van der Waals surface area (Å²) in [5, 5.41) is 17.9. The highest BCUT2D eigenvalue weighted by Gasteiger charge is 2.69. The van der Waals surface area contributed by atoms with E-state index in [4.69, 9.17) is 11.6 Å². The molecular weight excluding hydrogens is 423 g/mol. The molecule has 148 valence electrons. The lowest BCUT2D eigenvalue weighted by atomic mass is 9.91. The van der Waals surface area contributed by atoms with E-state index < -0.39 is 17.8 Å². The quantitative estimate of drug-likeness (QED) is 0.608. The topological polar surface area (TPSA) is 48.7 Å². The molecule has 0 fully saturated rings. The number of nitrogens with zero attached hydrogens (tertiary/aromatic N) is 3. The Balaban J connectivity index is 1.60. The molecule has 1 N–H and O–H groups in total. The van der Waals surface area contributed by atoms with Gasteiger partial charge in [-0.2, -0.15) is 23.3 Å². The minimum absolute atomic E-state index is 0.0193. The molecule has 2 aromatic carbocycles. The molecule has 0 saturated heterocycles. The van der Waals surface area contributed by atoms with Crippen LogP contribution >= 0.6 is 22.9 Å². The Labute approximate surface area is 172 Å². The van der Waals surface area contributed by atoms with Crippen molar-refractivity contribution in [3.05, 3.63) is 70.1 Å². The summed E-state index contributed by atoms with van der Waals surface area (Å²) in [5.74, 6) is -1.21. The van der Waals surface area contributed by atoms with Crippen molar-refractivity contribution in [3.63, 3.8) is 0 Å². The first-order valence-electron chi connectivity index (χ1n) is 8.76. The highest BCUT2D eigenvalue weighted by Crippen LogP contribution is 2.51. The minimum Gasteiger partial charge on any atom is -0.362 e. The van der Waals surface area contributed by atoms with Gasteiger partial charge in [0.15, 0.2) is 0 Å². The van der Waals surface area contributed by atoms with Crippen LogP contribution in [0, 0.1) is 5.92 Å². The molecule has 0 radical (unpaired) electrons. The molecular formula is C20H13ClF3N3OS. The fraction of sp³-hybridized carbons (Fsp3) is 0.200. The number of aromatic nitrogens is 1. The molecule has 4 nitrogen and oxygen atoms in total. The van der Waals surface area contributed by atoms with Crippen LogP contribution in [0.2, 0.25) is 5.02 Å². The third-order valence-electron chi connectivity index (χ3n) is 5.29. The molecule has 0 unspecified atom stereocenters. The zero-order chi connectivity index (χ0) is 20.4. The molecule has 2 heterocycles. The smallest absolute Gasteiger partial charge is 0.362 e. The predicted octanol–water partition coefficient (Wildman–Crippen LogP) is 5.11. The van der Waals surface area contributed by atoms with Crippen LogP contribution in [-0.4, -0.2) is 27.7 Å². The fourth-order valence-electron chi connectivity index (χ4n) is 3.86. The van der Waals surface area contributed by atoms with Gasteiger partial charge in [-0.25, -0.2) is 4.98 Å². The van der Waals surface area contributed by atoms with E-state index in [0.717, 1.165) is 16.9 Å². The number of thiazole rings is 1. The van der Waals surface area contributed by atoms with Crippen LogP contribution < -0.4 is 5.01 Å². The van der Waals surface area contributed by atoms with Gasteiger partial charge in [-0.15, -0.1) is 11.3 Å². The summed E-state index contributed by atoms with van der Waals surface area (Å²) < 4.78 is 42.3. The second-order valence-electron chi connectivity index (χ2n) is 6.96. The SMILES string of the molecule is O[C@]1(C(F)(F)F)[C@H]2Cc3ccccc3C2=NN1c1nc(-c2ccc(Cl)cc2)cs1. The van der Waals surface area contributed by atoms with Gasteiger partial charge < -0.3 is 5.11 Å². The van der Waals surface area contributed by atoms with Gasteiger partial charge >= 0.3 is 6.18 Å². The maximum Gasteiger partial charge on any atom is 0.439 e. The summed E-state index contributed by atoms with van der Waals surface area (Å²) >= 11 is 6.89. The van der Waals surface area contributed by atoms with Crippen molar-refractivity contribution in [1.29, 1.82) is 0 Å². The zero-order valence-electron chi connectivity index (χ0n) is 14.7. The molecule has 0 spiro atoms. The second-order valence-corrected chi connectivity index (χ2v) is 8.23. The number of benzene rings is 2. The molecule has 5 rings (SSSR count). The molecule has 2 aliphatic rings. The monoisotopic (exact) mass is 435 g/mol. The van der Waals surface area contributed by atoms with E-state index in [9.17, 15) is 18.3 Å². The molecule has 1 aromatic heterocycles. The Hall–Kier alpha value is -2.42. The van der Waals surface area contributed by atoms with Gasteiger partial charge in [0.1, 0.15) is 0 Å². The largest absolute Gasteiger partial charge is 0.439 e. The van der Waals surface area contributed by atoms with Crippen LogP contribution in [0.1, 0.15) is 11.1 Å². The molecule has 3 aromatic rings. The average molecular weight is 436 g/mol. The number of halogens is 4. The van der Waals surface area contributed by atoms with Crippen LogP contribution in [-0.2, 0) is 6.42 Å². The summed E-state index contributed by atoms with van der Waals surface area (Å²) in [5.41, 5.74) is -0.328. The predicted molar refractivity (Wildman–Crippen MR) is 106 cm³/mol. The van der Waals surface area contributed by atoms with Gasteiger partial charge in [-0.1, -0.05) is 48.0 Å². The molecule has 29 heavy (non-hydrogen) atoms. The third-order valence-corrected chi connectivity index (χ3v) is 6.36. The van der Waals surface area contributed by atoms with Gasteiger partial charge in [-0.05, 0) is 24.1 Å². The van der Waals surface area contributed by atoms with E-state index in [0.29, 0.717) is 26.9 Å².